The zero-order valence-corrected chi connectivity index (χ0v) is 12.2. The fourth-order valence-corrected chi connectivity index (χ4v) is 2.84. The number of nitrogens with two attached hydrogens (primary N) is 1. The summed E-state index contributed by atoms with van der Waals surface area (Å²) in [5.41, 5.74) is 8.95. The number of aromatic nitrogens is 4. The number of nitrogens with one attached hydrogen (secondary N) is 1. The number of halogens is 1. The van der Waals surface area contributed by atoms with Gasteiger partial charge in [0.25, 0.3) is 0 Å². The Bertz CT molecular complexity index is 1080. The van der Waals surface area contributed by atoms with Gasteiger partial charge in [0.1, 0.15) is 11.3 Å². The fraction of sp³-hybridized carbons (Fsp3) is 0.0625. The van der Waals surface area contributed by atoms with Crippen LogP contribution >= 0.6 is 0 Å². The predicted octanol–water partition coefficient (Wildman–Crippen LogP) is 2.72. The standard InChI is InChI=1S/C16H12FN5O/c1-8-10-2-3-19-15(10)20-5-11(8)9-4-12(17)16-21-14(18)13(7-23)22(16)6-9/h2-7H,18H2,1H3,(H,19,20). The number of rotatable bonds is 2. The van der Waals surface area contributed by atoms with Crippen LogP contribution in [0.15, 0.2) is 30.7 Å². The molecule has 0 aliphatic carbocycles. The summed E-state index contributed by atoms with van der Waals surface area (Å²) in [7, 11) is 0. The maximum Gasteiger partial charge on any atom is 0.176 e. The number of pyridine rings is 2. The highest BCUT2D eigenvalue weighted by atomic mass is 19.1. The second-order valence-corrected chi connectivity index (χ2v) is 5.31. The van der Waals surface area contributed by atoms with Crippen LogP contribution < -0.4 is 5.73 Å². The lowest BCUT2D eigenvalue weighted by atomic mass is 10.0. The largest absolute Gasteiger partial charge is 0.382 e. The first-order valence-electron chi connectivity index (χ1n) is 6.95. The Kier molecular flexibility index (Phi) is 2.71. The number of nitrogen functional groups attached to an aromatic ring is 1. The third kappa shape index (κ3) is 1.83. The summed E-state index contributed by atoms with van der Waals surface area (Å²) < 4.78 is 15.7. The molecule has 0 aromatic carbocycles. The van der Waals surface area contributed by atoms with Crippen LogP contribution in [0.25, 0.3) is 27.8 Å². The minimum Gasteiger partial charge on any atom is -0.382 e. The number of nitrogens with zero attached hydrogens (tertiary/aromatic N) is 3. The zero-order chi connectivity index (χ0) is 16.1. The number of anilines is 1. The quantitative estimate of drug-likeness (QED) is 0.557. The average molecular weight is 309 g/mol. The van der Waals surface area contributed by atoms with Gasteiger partial charge in [0.15, 0.2) is 23.6 Å². The average Bonchev–Trinajstić information content (AvgIpc) is 3.12. The van der Waals surface area contributed by atoms with Crippen molar-refractivity contribution in [2.24, 2.45) is 0 Å². The number of aryl methyl sites for hydroxylation is 1. The summed E-state index contributed by atoms with van der Waals surface area (Å²) in [5, 5.41) is 0.962. The van der Waals surface area contributed by atoms with E-state index >= 15 is 0 Å². The van der Waals surface area contributed by atoms with Crippen LogP contribution in [-0.4, -0.2) is 25.6 Å². The minimum atomic E-state index is -0.545. The molecule has 7 heteroatoms. The van der Waals surface area contributed by atoms with Gasteiger partial charge in [-0.1, -0.05) is 0 Å². The van der Waals surface area contributed by atoms with Gasteiger partial charge in [-0.15, -0.1) is 0 Å². The van der Waals surface area contributed by atoms with E-state index < -0.39 is 5.82 Å². The van der Waals surface area contributed by atoms with E-state index in [-0.39, 0.29) is 17.2 Å². The monoisotopic (exact) mass is 309 g/mol. The van der Waals surface area contributed by atoms with Gasteiger partial charge < -0.3 is 10.7 Å². The van der Waals surface area contributed by atoms with E-state index in [9.17, 15) is 9.18 Å². The molecule has 0 bridgehead atoms. The van der Waals surface area contributed by atoms with Gasteiger partial charge in [-0.3, -0.25) is 9.20 Å². The topological polar surface area (TPSA) is 89.1 Å². The third-order valence-corrected chi connectivity index (χ3v) is 4.02. The van der Waals surface area contributed by atoms with Crippen LogP contribution in [0, 0.1) is 12.7 Å². The van der Waals surface area contributed by atoms with Crippen molar-refractivity contribution in [3.8, 4) is 11.1 Å². The molecule has 0 spiro atoms. The lowest BCUT2D eigenvalue weighted by Crippen LogP contribution is -1.98. The van der Waals surface area contributed by atoms with E-state index in [0.717, 1.165) is 22.2 Å². The van der Waals surface area contributed by atoms with Crippen molar-refractivity contribution in [2.45, 2.75) is 6.92 Å². The minimum absolute atomic E-state index is 0.00647. The van der Waals surface area contributed by atoms with Crippen LogP contribution in [0.1, 0.15) is 16.1 Å². The lowest BCUT2D eigenvalue weighted by molar-refractivity contribution is 0.111. The maximum absolute atomic E-state index is 14.4. The Balaban J connectivity index is 2.04. The van der Waals surface area contributed by atoms with E-state index in [0.29, 0.717) is 11.8 Å². The summed E-state index contributed by atoms with van der Waals surface area (Å²) in [6.07, 6.45) is 5.70. The van der Waals surface area contributed by atoms with Gasteiger partial charge in [0, 0.05) is 35.1 Å². The molecule has 0 unspecified atom stereocenters. The highest BCUT2D eigenvalue weighted by Gasteiger charge is 2.16. The predicted molar refractivity (Wildman–Crippen MR) is 84.8 cm³/mol. The molecule has 0 aliphatic heterocycles. The summed E-state index contributed by atoms with van der Waals surface area (Å²) in [5.74, 6) is -0.539. The smallest absolute Gasteiger partial charge is 0.176 e. The van der Waals surface area contributed by atoms with Gasteiger partial charge in [0.05, 0.1) is 0 Å². The summed E-state index contributed by atoms with van der Waals surface area (Å²) in [6, 6.07) is 3.29. The molecule has 6 nitrogen and oxygen atoms in total. The zero-order valence-electron chi connectivity index (χ0n) is 12.2. The number of hydrogen-bond acceptors (Lipinski definition) is 4. The molecule has 114 valence electrons. The molecular formula is C16H12FN5O. The first kappa shape index (κ1) is 13.4. The number of aldehydes is 1. The second-order valence-electron chi connectivity index (χ2n) is 5.31. The van der Waals surface area contributed by atoms with E-state index in [1.807, 2.05) is 13.0 Å². The van der Waals surface area contributed by atoms with Crippen molar-refractivity contribution < 1.29 is 9.18 Å². The second kappa shape index (κ2) is 4.64. The normalized spacial score (nSPS) is 11.4. The molecular weight excluding hydrogens is 297 g/mol. The Morgan fingerprint density at radius 3 is 3.04 bits per heavy atom. The Hall–Kier alpha value is -3.22. The van der Waals surface area contributed by atoms with Crippen LogP contribution in [0.5, 0.6) is 0 Å². The van der Waals surface area contributed by atoms with Crippen LogP contribution in [0.2, 0.25) is 0 Å². The SMILES string of the molecule is Cc1c(-c2cc(F)c3nc(N)c(C=O)n3c2)cnc2[nH]ccc12. The number of carbonyl (C=O) groups excluding carboxylic acids is 1. The number of H-pyrrole nitrogens is 1. The molecule has 0 saturated carbocycles. The van der Waals surface area contributed by atoms with Gasteiger partial charge in [-0.05, 0) is 24.6 Å². The Morgan fingerprint density at radius 1 is 1.43 bits per heavy atom. The van der Waals surface area contributed by atoms with Gasteiger partial charge >= 0.3 is 0 Å². The number of imidazole rings is 1. The molecule has 4 aromatic rings. The summed E-state index contributed by atoms with van der Waals surface area (Å²) >= 11 is 0. The highest BCUT2D eigenvalue weighted by Crippen LogP contribution is 2.29. The first-order valence-corrected chi connectivity index (χ1v) is 6.95. The number of fused-ring (bicyclic) bond motifs is 2. The molecule has 23 heavy (non-hydrogen) atoms. The van der Waals surface area contributed by atoms with Crippen molar-refractivity contribution in [1.82, 2.24) is 19.4 Å². The fourth-order valence-electron chi connectivity index (χ4n) is 2.84. The maximum atomic E-state index is 14.4. The van der Waals surface area contributed by atoms with Gasteiger partial charge in [-0.25, -0.2) is 14.4 Å². The number of carbonyl (C=O) groups is 1. The molecule has 0 fully saturated rings. The van der Waals surface area contributed by atoms with Crippen molar-refractivity contribution >= 4 is 28.8 Å². The van der Waals surface area contributed by atoms with Crippen LogP contribution in [-0.2, 0) is 0 Å². The Labute approximate surface area is 129 Å². The highest BCUT2D eigenvalue weighted by molar-refractivity contribution is 5.87. The molecule has 4 rings (SSSR count). The molecule has 0 aliphatic rings. The molecule has 4 heterocycles. The van der Waals surface area contributed by atoms with Crippen molar-refractivity contribution in [2.75, 3.05) is 5.73 Å². The lowest BCUT2D eigenvalue weighted by Gasteiger charge is -2.08. The van der Waals surface area contributed by atoms with Gasteiger partial charge in [0.2, 0.25) is 0 Å². The number of hydrogen-bond donors (Lipinski definition) is 2. The van der Waals surface area contributed by atoms with Crippen LogP contribution in [0.3, 0.4) is 0 Å². The van der Waals surface area contributed by atoms with Gasteiger partial charge in [-0.2, -0.15) is 0 Å². The number of aromatic amines is 1. The van der Waals surface area contributed by atoms with Crippen LogP contribution in [0.4, 0.5) is 10.2 Å². The van der Waals surface area contributed by atoms with E-state index in [4.69, 9.17) is 5.73 Å². The van der Waals surface area contributed by atoms with Crippen molar-refractivity contribution in [3.63, 3.8) is 0 Å². The molecule has 0 atom stereocenters. The molecule has 0 radical (unpaired) electrons. The van der Waals surface area contributed by atoms with Crippen molar-refractivity contribution in [3.05, 3.63) is 47.8 Å². The first-order chi connectivity index (χ1) is 11.1. The van der Waals surface area contributed by atoms with E-state index in [1.54, 1.807) is 18.6 Å². The molecule has 0 saturated heterocycles. The third-order valence-electron chi connectivity index (χ3n) is 4.02. The van der Waals surface area contributed by atoms with Crippen molar-refractivity contribution in [1.29, 1.82) is 0 Å². The molecule has 3 N–H and O–H groups in total. The van der Waals surface area contributed by atoms with E-state index in [1.165, 1.54) is 10.5 Å². The molecule has 4 aromatic heterocycles. The summed E-state index contributed by atoms with van der Waals surface area (Å²) in [6.45, 7) is 1.94. The summed E-state index contributed by atoms with van der Waals surface area (Å²) in [4.78, 5) is 22.5. The van der Waals surface area contributed by atoms with E-state index in [2.05, 4.69) is 15.0 Å². The Morgan fingerprint density at radius 2 is 2.26 bits per heavy atom. The molecule has 0 amide bonds.